The summed E-state index contributed by atoms with van der Waals surface area (Å²) >= 11 is 0. The maximum atomic E-state index is 12.6. The van der Waals surface area contributed by atoms with E-state index < -0.39 is 20.8 Å². The van der Waals surface area contributed by atoms with Crippen molar-refractivity contribution < 1.29 is 52.4 Å². The van der Waals surface area contributed by atoms with Crippen molar-refractivity contribution in [2.45, 2.75) is 56.8 Å². The van der Waals surface area contributed by atoms with Crippen LogP contribution in [0.15, 0.2) is 47.4 Å². The van der Waals surface area contributed by atoms with Crippen LogP contribution in [0.2, 0.25) is 0 Å². The fourth-order valence-corrected chi connectivity index (χ4v) is 3.69. The van der Waals surface area contributed by atoms with Crippen molar-refractivity contribution in [2.24, 2.45) is 0 Å². The molecule has 2 rings (SSSR count). The van der Waals surface area contributed by atoms with Gasteiger partial charge in [-0.15, -0.1) is 0 Å². The zero-order valence-electron chi connectivity index (χ0n) is 16.0. The average molecular weight is 400 g/mol. The first kappa shape index (κ1) is 24.0. The van der Waals surface area contributed by atoms with Crippen LogP contribution in [0.3, 0.4) is 0 Å². The van der Waals surface area contributed by atoms with Gasteiger partial charge in [-0.25, -0.2) is 0 Å². The fourth-order valence-electron chi connectivity index (χ4n) is 2.86. The summed E-state index contributed by atoms with van der Waals surface area (Å²) in [4.78, 5) is -0.570. The maximum Gasteiger partial charge on any atom is 1.00 e. The zero-order valence-corrected chi connectivity index (χ0v) is 18.8. The number of aryl methyl sites for hydroxylation is 1. The third-order valence-electron chi connectivity index (χ3n) is 4.19. The third-order valence-corrected chi connectivity index (χ3v) is 5.15. The van der Waals surface area contributed by atoms with Crippen molar-refractivity contribution in [3.63, 3.8) is 0 Å². The number of benzene rings is 2. The molecule has 0 fully saturated rings. The first-order chi connectivity index (χ1) is 12.4. The molecule has 7 heteroatoms. The normalized spacial score (nSPS) is 11.0. The van der Waals surface area contributed by atoms with Crippen LogP contribution in [0.4, 0.5) is 0 Å². The molecule has 0 bridgehead atoms. The van der Waals surface area contributed by atoms with E-state index in [2.05, 4.69) is 6.92 Å². The average Bonchev–Trinajstić information content (AvgIpc) is 2.60. The monoisotopic (exact) mass is 400 g/mol. The van der Waals surface area contributed by atoms with Crippen molar-refractivity contribution in [3.8, 4) is 17.2 Å². The Labute approximate surface area is 183 Å². The summed E-state index contributed by atoms with van der Waals surface area (Å²) in [6.45, 7) is 2.15. The minimum Gasteiger partial charge on any atom is -0.869 e. The zero-order chi connectivity index (χ0) is 19.0. The topological polar surface area (TPSA) is 86.7 Å². The Morgan fingerprint density at radius 3 is 2.22 bits per heavy atom. The summed E-state index contributed by atoms with van der Waals surface area (Å²) in [5.74, 6) is -0.495. The quantitative estimate of drug-likeness (QED) is 0.373. The Hall–Kier alpha value is -1.05. The summed E-state index contributed by atoms with van der Waals surface area (Å²) in [6.07, 6.45) is 6.74. The molecule has 0 saturated heterocycles. The van der Waals surface area contributed by atoms with Gasteiger partial charge in [-0.2, -0.15) is 8.42 Å². The van der Waals surface area contributed by atoms with Crippen molar-refractivity contribution in [3.05, 3.63) is 48.0 Å². The number of unbranched alkanes of at least 4 members (excludes halogenated alkanes) is 5. The van der Waals surface area contributed by atoms with Crippen molar-refractivity contribution in [2.75, 3.05) is 0 Å². The van der Waals surface area contributed by atoms with Crippen LogP contribution in [-0.2, 0) is 16.5 Å². The smallest absolute Gasteiger partial charge is 0.869 e. The van der Waals surface area contributed by atoms with Gasteiger partial charge in [0.05, 0.1) is 4.90 Å². The Balaban J connectivity index is 0.00000364. The van der Waals surface area contributed by atoms with Gasteiger partial charge in [-0.05, 0) is 42.4 Å². The molecule has 0 radical (unpaired) electrons. The fraction of sp³-hybridized carbons (Fsp3) is 0.400. The molecule has 0 unspecified atom stereocenters. The number of hydrogen-bond acceptors (Lipinski definition) is 4. The summed E-state index contributed by atoms with van der Waals surface area (Å²) in [7, 11) is -4.62. The number of hydrogen-bond donors (Lipinski definition) is 1. The Kier molecular flexibility index (Phi) is 10.4. The van der Waals surface area contributed by atoms with Crippen molar-refractivity contribution in [1.29, 1.82) is 0 Å². The van der Waals surface area contributed by atoms with Gasteiger partial charge < -0.3 is 9.84 Å². The first-order valence-corrected chi connectivity index (χ1v) is 10.4. The summed E-state index contributed by atoms with van der Waals surface area (Å²) in [5.41, 5.74) is 0.341. The molecular weight excluding hydrogens is 375 g/mol. The summed E-state index contributed by atoms with van der Waals surface area (Å²) < 4.78 is 38.5. The van der Waals surface area contributed by atoms with Gasteiger partial charge in [-0.3, -0.25) is 4.55 Å². The predicted octanol–water partition coefficient (Wildman–Crippen LogP) is 1.71. The van der Waals surface area contributed by atoms with Crippen LogP contribution in [0.1, 0.15) is 51.0 Å². The second-order valence-corrected chi connectivity index (χ2v) is 7.65. The van der Waals surface area contributed by atoms with Gasteiger partial charge in [0.15, 0.2) is 0 Å². The van der Waals surface area contributed by atoms with Crippen molar-refractivity contribution in [1.82, 2.24) is 0 Å². The van der Waals surface area contributed by atoms with Crippen LogP contribution < -0.4 is 39.4 Å². The molecule has 0 aliphatic rings. The van der Waals surface area contributed by atoms with Crippen molar-refractivity contribution >= 4 is 10.1 Å². The maximum absolute atomic E-state index is 12.6. The molecule has 2 aromatic carbocycles. The van der Waals surface area contributed by atoms with E-state index in [-0.39, 0.29) is 35.3 Å². The number of rotatable bonds is 10. The molecule has 5 nitrogen and oxygen atoms in total. The molecule has 0 amide bonds. The van der Waals surface area contributed by atoms with Crippen LogP contribution >= 0.6 is 0 Å². The van der Waals surface area contributed by atoms with E-state index in [1.807, 2.05) is 0 Å². The Morgan fingerprint density at radius 1 is 0.963 bits per heavy atom. The van der Waals surface area contributed by atoms with Crippen LogP contribution in [-0.4, -0.2) is 13.0 Å². The minimum absolute atomic E-state index is 0. The summed E-state index contributed by atoms with van der Waals surface area (Å²) in [5, 5.41) is 12.6. The molecule has 2 aromatic rings. The van der Waals surface area contributed by atoms with Gasteiger partial charge in [0.1, 0.15) is 11.5 Å². The number of para-hydroxylation sites is 1. The number of ether oxygens (including phenoxy) is 1. The molecule has 1 N–H and O–H groups in total. The van der Waals surface area contributed by atoms with Crippen LogP contribution in [0.5, 0.6) is 17.2 Å². The molecular formula is C20H25NaO5S. The van der Waals surface area contributed by atoms with Gasteiger partial charge >= 0.3 is 29.6 Å². The van der Waals surface area contributed by atoms with E-state index in [1.54, 1.807) is 36.4 Å². The summed E-state index contributed by atoms with van der Waals surface area (Å²) in [6, 6.07) is 11.6. The second kappa shape index (κ2) is 11.7. The Morgan fingerprint density at radius 2 is 1.59 bits per heavy atom. The molecule has 0 spiro atoms. The first-order valence-electron chi connectivity index (χ1n) is 8.96. The van der Waals surface area contributed by atoms with Gasteiger partial charge in [0.2, 0.25) is 0 Å². The molecule has 27 heavy (non-hydrogen) atoms. The van der Waals surface area contributed by atoms with Crippen LogP contribution in [0, 0.1) is 0 Å². The van der Waals surface area contributed by atoms with E-state index in [1.165, 1.54) is 12.5 Å². The predicted molar refractivity (Wildman–Crippen MR) is 99.3 cm³/mol. The van der Waals surface area contributed by atoms with E-state index in [4.69, 9.17) is 4.74 Å². The molecule has 0 aromatic heterocycles. The third kappa shape index (κ3) is 7.47. The standard InChI is InChI=1S/C20H26O5S.Na/c1-2-3-4-5-6-8-11-16-14-15-18(19(21)20(16)26(22,23)24)25-17-12-9-7-10-13-17;/h7,9-10,12-15,21H,2-6,8,11H2,1H3,(H,22,23,24);/q;+1/p-1. The van der Waals surface area contributed by atoms with E-state index in [0.29, 0.717) is 17.7 Å². The molecule has 0 aliphatic carbocycles. The van der Waals surface area contributed by atoms with E-state index in [0.717, 1.165) is 32.1 Å². The van der Waals surface area contributed by atoms with Gasteiger partial charge in [0.25, 0.3) is 10.1 Å². The SMILES string of the molecule is CCCCCCCCc1ccc(Oc2ccccc2)c([O-])c1S(=O)(=O)O.[Na+]. The second-order valence-electron chi connectivity index (χ2n) is 6.29. The van der Waals surface area contributed by atoms with E-state index in [9.17, 15) is 18.1 Å². The van der Waals surface area contributed by atoms with Gasteiger partial charge in [-0.1, -0.05) is 63.3 Å². The van der Waals surface area contributed by atoms with Crippen LogP contribution in [0.25, 0.3) is 0 Å². The molecule has 0 saturated carbocycles. The molecule has 0 heterocycles. The Bertz CT molecular complexity index is 807. The molecule has 142 valence electrons. The van der Waals surface area contributed by atoms with Gasteiger partial charge in [0, 0.05) is 0 Å². The molecule has 0 atom stereocenters. The largest absolute Gasteiger partial charge is 1.00 e. The minimum atomic E-state index is -4.62. The van der Waals surface area contributed by atoms with E-state index >= 15 is 0 Å². The molecule has 0 aliphatic heterocycles.